The minimum Gasteiger partial charge on any atom is -0.503 e. The molecule has 172 valence electrons. The first-order valence-corrected chi connectivity index (χ1v) is 11.3. The summed E-state index contributed by atoms with van der Waals surface area (Å²) in [5, 5.41) is 13.1. The summed E-state index contributed by atoms with van der Waals surface area (Å²) in [5.41, 5.74) is -1.65. The van der Waals surface area contributed by atoms with Crippen molar-refractivity contribution in [1.29, 1.82) is 0 Å². The van der Waals surface area contributed by atoms with Gasteiger partial charge in [-0.15, -0.1) is 11.8 Å². The Bertz CT molecular complexity index is 1090. The SMILES string of the molecule is COc1ccnc(C(=O)NC(C)(C(=O)Oc2ccccc2)C(C)CSc2ccccc2)c1O. The molecule has 0 radical (unpaired) electrons. The number of aromatic nitrogens is 1. The van der Waals surface area contributed by atoms with Gasteiger partial charge >= 0.3 is 5.97 Å². The Morgan fingerprint density at radius 2 is 1.73 bits per heavy atom. The maximum Gasteiger partial charge on any atom is 0.337 e. The van der Waals surface area contributed by atoms with Gasteiger partial charge in [0.25, 0.3) is 5.91 Å². The molecule has 0 aliphatic rings. The van der Waals surface area contributed by atoms with Crippen molar-refractivity contribution in [3.05, 3.63) is 78.6 Å². The summed E-state index contributed by atoms with van der Waals surface area (Å²) < 4.78 is 10.7. The van der Waals surface area contributed by atoms with Gasteiger partial charge < -0.3 is 19.9 Å². The van der Waals surface area contributed by atoms with Gasteiger partial charge in [-0.25, -0.2) is 9.78 Å². The van der Waals surface area contributed by atoms with E-state index in [1.54, 1.807) is 43.0 Å². The van der Waals surface area contributed by atoms with Gasteiger partial charge in [0.1, 0.15) is 11.3 Å². The normalized spacial score (nSPS) is 13.4. The highest BCUT2D eigenvalue weighted by atomic mass is 32.2. The number of amides is 1. The van der Waals surface area contributed by atoms with Crippen LogP contribution in [0.2, 0.25) is 0 Å². The van der Waals surface area contributed by atoms with Crippen LogP contribution in [0.3, 0.4) is 0 Å². The summed E-state index contributed by atoms with van der Waals surface area (Å²) in [6.07, 6.45) is 1.35. The smallest absolute Gasteiger partial charge is 0.337 e. The molecule has 0 fully saturated rings. The monoisotopic (exact) mass is 466 g/mol. The van der Waals surface area contributed by atoms with E-state index in [-0.39, 0.29) is 17.4 Å². The average Bonchev–Trinajstić information content (AvgIpc) is 2.83. The molecule has 0 saturated heterocycles. The van der Waals surface area contributed by atoms with E-state index in [9.17, 15) is 14.7 Å². The van der Waals surface area contributed by atoms with Gasteiger partial charge in [0, 0.05) is 22.9 Å². The largest absolute Gasteiger partial charge is 0.503 e. The number of carbonyl (C=O) groups is 2. The molecule has 3 rings (SSSR count). The highest BCUT2D eigenvalue weighted by molar-refractivity contribution is 7.99. The highest BCUT2D eigenvalue weighted by Gasteiger charge is 2.43. The number of carbonyl (C=O) groups excluding carboxylic acids is 2. The number of hydrogen-bond donors (Lipinski definition) is 2. The number of nitrogens with one attached hydrogen (secondary N) is 1. The van der Waals surface area contributed by atoms with Gasteiger partial charge in [0.15, 0.2) is 17.2 Å². The molecule has 2 atom stereocenters. The lowest BCUT2D eigenvalue weighted by atomic mass is 9.88. The van der Waals surface area contributed by atoms with Gasteiger partial charge in [-0.1, -0.05) is 43.3 Å². The van der Waals surface area contributed by atoms with Crippen molar-refractivity contribution >= 4 is 23.6 Å². The molecular formula is C25H26N2O5S. The zero-order chi connectivity index (χ0) is 23.8. The van der Waals surface area contributed by atoms with Gasteiger partial charge in [0.2, 0.25) is 0 Å². The van der Waals surface area contributed by atoms with Crippen molar-refractivity contribution in [2.45, 2.75) is 24.3 Å². The standard InChI is InChI=1S/C25H26N2O5S/c1-17(16-33-19-12-8-5-9-13-19)25(2,24(30)32-18-10-6-4-7-11-18)27-23(29)21-22(28)20(31-3)14-15-26-21/h4-15,17,28H,16H2,1-3H3,(H,27,29). The molecule has 0 aliphatic carbocycles. The zero-order valence-corrected chi connectivity index (χ0v) is 19.5. The van der Waals surface area contributed by atoms with Crippen LogP contribution in [0.4, 0.5) is 0 Å². The van der Waals surface area contributed by atoms with Crippen LogP contribution in [0, 0.1) is 5.92 Å². The number of para-hydroxylation sites is 1. The summed E-state index contributed by atoms with van der Waals surface area (Å²) >= 11 is 1.57. The van der Waals surface area contributed by atoms with Crippen molar-refractivity contribution in [3.8, 4) is 17.2 Å². The summed E-state index contributed by atoms with van der Waals surface area (Å²) in [7, 11) is 1.38. The maximum atomic E-state index is 13.3. The minimum absolute atomic E-state index is 0.108. The number of aromatic hydroxyl groups is 1. The minimum atomic E-state index is -1.41. The lowest BCUT2D eigenvalue weighted by molar-refractivity contribution is -0.142. The number of hydrogen-bond acceptors (Lipinski definition) is 7. The van der Waals surface area contributed by atoms with Crippen molar-refractivity contribution < 1.29 is 24.2 Å². The van der Waals surface area contributed by atoms with E-state index < -0.39 is 23.2 Å². The number of esters is 1. The van der Waals surface area contributed by atoms with Crippen LogP contribution in [-0.4, -0.2) is 40.4 Å². The summed E-state index contributed by atoms with van der Waals surface area (Å²) in [6.45, 7) is 3.48. The lowest BCUT2D eigenvalue weighted by Crippen LogP contribution is -2.59. The van der Waals surface area contributed by atoms with E-state index >= 15 is 0 Å². The van der Waals surface area contributed by atoms with Crippen LogP contribution in [-0.2, 0) is 4.79 Å². The molecule has 7 nitrogen and oxygen atoms in total. The first-order chi connectivity index (χ1) is 15.8. The molecule has 2 unspecified atom stereocenters. The predicted octanol–water partition coefficient (Wildman–Crippen LogP) is 4.32. The molecular weight excluding hydrogens is 440 g/mol. The highest BCUT2D eigenvalue weighted by Crippen LogP contribution is 2.31. The summed E-state index contributed by atoms with van der Waals surface area (Å²) in [6, 6.07) is 19.9. The maximum absolute atomic E-state index is 13.3. The van der Waals surface area contributed by atoms with Crippen molar-refractivity contribution in [1.82, 2.24) is 10.3 Å². The Hall–Kier alpha value is -3.52. The number of methoxy groups -OCH3 is 1. The molecule has 1 amide bonds. The number of pyridine rings is 1. The lowest BCUT2D eigenvalue weighted by Gasteiger charge is -2.34. The molecule has 3 aromatic rings. The number of nitrogens with zero attached hydrogens (tertiary/aromatic N) is 1. The third kappa shape index (κ3) is 5.84. The Balaban J connectivity index is 1.86. The van der Waals surface area contributed by atoms with Crippen LogP contribution >= 0.6 is 11.8 Å². The summed E-state index contributed by atoms with van der Waals surface area (Å²) in [4.78, 5) is 31.4. The fourth-order valence-corrected chi connectivity index (χ4v) is 4.17. The van der Waals surface area contributed by atoms with E-state index in [0.717, 1.165) is 4.90 Å². The van der Waals surface area contributed by atoms with Gasteiger partial charge in [-0.05, 0) is 37.1 Å². The van der Waals surface area contributed by atoms with E-state index in [1.807, 2.05) is 43.3 Å². The van der Waals surface area contributed by atoms with Crippen LogP contribution in [0.25, 0.3) is 0 Å². The van der Waals surface area contributed by atoms with E-state index in [2.05, 4.69) is 10.3 Å². The Labute approximate surface area is 197 Å². The second kappa shape index (κ2) is 10.9. The van der Waals surface area contributed by atoms with Crippen LogP contribution < -0.4 is 14.8 Å². The topological polar surface area (TPSA) is 97.8 Å². The molecule has 0 aliphatic heterocycles. The first-order valence-electron chi connectivity index (χ1n) is 10.3. The molecule has 1 aromatic heterocycles. The second-order valence-corrected chi connectivity index (χ2v) is 8.69. The molecule has 0 saturated carbocycles. The third-order valence-corrected chi connectivity index (χ3v) is 6.57. The Morgan fingerprint density at radius 3 is 2.36 bits per heavy atom. The fraction of sp³-hybridized carbons (Fsp3) is 0.240. The van der Waals surface area contributed by atoms with Crippen LogP contribution in [0.15, 0.2) is 77.8 Å². The molecule has 0 spiro atoms. The fourth-order valence-electron chi connectivity index (χ4n) is 3.04. The average molecular weight is 467 g/mol. The quantitative estimate of drug-likeness (QED) is 0.275. The van der Waals surface area contributed by atoms with E-state index in [4.69, 9.17) is 9.47 Å². The Morgan fingerprint density at radius 1 is 1.09 bits per heavy atom. The first kappa shape index (κ1) is 24.1. The molecule has 2 aromatic carbocycles. The predicted molar refractivity (Wildman–Crippen MR) is 127 cm³/mol. The molecule has 1 heterocycles. The molecule has 0 bridgehead atoms. The van der Waals surface area contributed by atoms with Gasteiger partial charge in [-0.2, -0.15) is 0 Å². The van der Waals surface area contributed by atoms with Crippen molar-refractivity contribution in [3.63, 3.8) is 0 Å². The number of thioether (sulfide) groups is 1. The third-order valence-electron chi connectivity index (χ3n) is 5.30. The second-order valence-electron chi connectivity index (χ2n) is 7.59. The van der Waals surface area contributed by atoms with Gasteiger partial charge in [-0.3, -0.25) is 4.79 Å². The van der Waals surface area contributed by atoms with Crippen LogP contribution in [0.5, 0.6) is 17.2 Å². The number of benzene rings is 2. The number of rotatable bonds is 9. The van der Waals surface area contributed by atoms with Crippen LogP contribution in [0.1, 0.15) is 24.3 Å². The molecule has 8 heteroatoms. The van der Waals surface area contributed by atoms with E-state index in [0.29, 0.717) is 11.5 Å². The summed E-state index contributed by atoms with van der Waals surface area (Å²) in [5.74, 6) is -1.06. The van der Waals surface area contributed by atoms with Gasteiger partial charge in [0.05, 0.1) is 7.11 Å². The number of ether oxygens (including phenoxy) is 2. The molecule has 33 heavy (non-hydrogen) atoms. The molecule has 2 N–H and O–H groups in total. The Kier molecular flexibility index (Phi) is 7.95. The van der Waals surface area contributed by atoms with Crippen molar-refractivity contribution in [2.75, 3.05) is 12.9 Å². The van der Waals surface area contributed by atoms with E-state index in [1.165, 1.54) is 19.4 Å². The zero-order valence-electron chi connectivity index (χ0n) is 18.6. The van der Waals surface area contributed by atoms with Crippen molar-refractivity contribution in [2.24, 2.45) is 5.92 Å².